The van der Waals surface area contributed by atoms with Gasteiger partial charge < -0.3 is 19.5 Å². The predicted octanol–water partition coefficient (Wildman–Crippen LogP) is 2.97. The molecule has 128 valence electrons. The minimum absolute atomic E-state index is 0.172. The van der Waals surface area contributed by atoms with Crippen LogP contribution in [-0.4, -0.2) is 32.3 Å². The van der Waals surface area contributed by atoms with Gasteiger partial charge in [0.15, 0.2) is 6.10 Å². The van der Waals surface area contributed by atoms with Gasteiger partial charge in [0.25, 0.3) is 5.91 Å². The molecule has 5 nitrogen and oxygen atoms in total. The van der Waals surface area contributed by atoms with E-state index in [0.717, 1.165) is 17.1 Å². The summed E-state index contributed by atoms with van der Waals surface area (Å²) in [6.07, 6.45) is -0.561. The highest BCUT2D eigenvalue weighted by atomic mass is 16.5. The van der Waals surface area contributed by atoms with Gasteiger partial charge in [0.1, 0.15) is 23.9 Å². The minimum Gasteiger partial charge on any atom is -0.497 e. The Kier molecular flexibility index (Phi) is 6.49. The summed E-state index contributed by atoms with van der Waals surface area (Å²) < 4.78 is 16.2. The van der Waals surface area contributed by atoms with Gasteiger partial charge >= 0.3 is 0 Å². The number of methoxy groups -OCH3 is 1. The van der Waals surface area contributed by atoms with Gasteiger partial charge in [-0.05, 0) is 50.2 Å². The van der Waals surface area contributed by atoms with E-state index in [0.29, 0.717) is 18.9 Å². The Labute approximate surface area is 142 Å². The zero-order valence-corrected chi connectivity index (χ0v) is 14.2. The zero-order chi connectivity index (χ0) is 17.4. The second kappa shape index (κ2) is 8.82. The Morgan fingerprint density at radius 3 is 2.21 bits per heavy atom. The molecule has 2 aromatic rings. The number of amides is 1. The number of benzene rings is 2. The van der Waals surface area contributed by atoms with E-state index in [1.165, 1.54) is 0 Å². The number of ether oxygens (including phenoxy) is 3. The van der Waals surface area contributed by atoms with Crippen molar-refractivity contribution in [3.05, 3.63) is 54.1 Å². The van der Waals surface area contributed by atoms with E-state index in [-0.39, 0.29) is 5.91 Å². The fraction of sp³-hybridized carbons (Fsp3) is 0.316. The molecule has 0 radical (unpaired) electrons. The third-order valence-corrected chi connectivity index (χ3v) is 3.43. The smallest absolute Gasteiger partial charge is 0.260 e. The van der Waals surface area contributed by atoms with Gasteiger partial charge in [-0.2, -0.15) is 0 Å². The van der Waals surface area contributed by atoms with Crippen LogP contribution in [0.3, 0.4) is 0 Å². The first-order valence-electron chi connectivity index (χ1n) is 7.86. The molecule has 0 spiro atoms. The Hall–Kier alpha value is -2.69. The van der Waals surface area contributed by atoms with Gasteiger partial charge in [0, 0.05) is 0 Å². The number of hydrogen-bond donors (Lipinski definition) is 1. The number of hydrogen-bond acceptors (Lipinski definition) is 4. The van der Waals surface area contributed by atoms with Crippen LogP contribution in [0.4, 0.5) is 0 Å². The molecule has 1 N–H and O–H groups in total. The van der Waals surface area contributed by atoms with Crippen LogP contribution in [0, 0.1) is 6.92 Å². The van der Waals surface area contributed by atoms with Crippen LogP contribution in [-0.2, 0) is 4.79 Å². The molecular weight excluding hydrogens is 306 g/mol. The van der Waals surface area contributed by atoms with Crippen molar-refractivity contribution < 1.29 is 19.0 Å². The van der Waals surface area contributed by atoms with E-state index < -0.39 is 6.10 Å². The van der Waals surface area contributed by atoms with Crippen LogP contribution in [0.15, 0.2) is 48.5 Å². The van der Waals surface area contributed by atoms with Crippen molar-refractivity contribution in [2.75, 3.05) is 20.3 Å². The first-order valence-corrected chi connectivity index (χ1v) is 7.86. The van der Waals surface area contributed by atoms with Crippen LogP contribution in [0.2, 0.25) is 0 Å². The van der Waals surface area contributed by atoms with Crippen molar-refractivity contribution in [2.45, 2.75) is 20.0 Å². The van der Waals surface area contributed by atoms with E-state index in [1.807, 2.05) is 55.5 Å². The molecule has 1 amide bonds. The molecule has 24 heavy (non-hydrogen) atoms. The highest BCUT2D eigenvalue weighted by Crippen LogP contribution is 2.16. The van der Waals surface area contributed by atoms with E-state index in [9.17, 15) is 4.79 Å². The third-order valence-electron chi connectivity index (χ3n) is 3.43. The summed E-state index contributed by atoms with van der Waals surface area (Å²) >= 11 is 0. The summed E-state index contributed by atoms with van der Waals surface area (Å²) in [6, 6.07) is 14.9. The average molecular weight is 329 g/mol. The van der Waals surface area contributed by atoms with Gasteiger partial charge in [-0.15, -0.1) is 0 Å². The van der Waals surface area contributed by atoms with E-state index >= 15 is 0 Å². The second-order valence-corrected chi connectivity index (χ2v) is 5.39. The van der Waals surface area contributed by atoms with Gasteiger partial charge in [-0.25, -0.2) is 0 Å². The monoisotopic (exact) mass is 329 g/mol. The van der Waals surface area contributed by atoms with Crippen LogP contribution in [0.5, 0.6) is 17.2 Å². The first-order chi connectivity index (χ1) is 11.6. The second-order valence-electron chi connectivity index (χ2n) is 5.39. The summed E-state index contributed by atoms with van der Waals surface area (Å²) in [4.78, 5) is 12.0. The summed E-state index contributed by atoms with van der Waals surface area (Å²) in [7, 11) is 1.62. The van der Waals surface area contributed by atoms with E-state index in [2.05, 4.69) is 5.32 Å². The van der Waals surface area contributed by atoms with Gasteiger partial charge in [0.2, 0.25) is 0 Å². The molecule has 0 aliphatic heterocycles. The maximum absolute atomic E-state index is 12.0. The summed E-state index contributed by atoms with van der Waals surface area (Å²) in [5, 5.41) is 2.79. The van der Waals surface area contributed by atoms with Crippen molar-refractivity contribution in [3.63, 3.8) is 0 Å². The maximum Gasteiger partial charge on any atom is 0.260 e. The lowest BCUT2D eigenvalue weighted by atomic mass is 10.2. The topological polar surface area (TPSA) is 56.8 Å². The molecule has 1 unspecified atom stereocenters. The molecule has 0 aromatic heterocycles. The van der Waals surface area contributed by atoms with Gasteiger partial charge in [0.05, 0.1) is 13.7 Å². The zero-order valence-electron chi connectivity index (χ0n) is 14.2. The molecule has 0 heterocycles. The summed E-state index contributed by atoms with van der Waals surface area (Å²) in [6.45, 7) is 4.52. The van der Waals surface area contributed by atoms with Crippen molar-refractivity contribution in [1.82, 2.24) is 5.32 Å². The highest BCUT2D eigenvalue weighted by molar-refractivity contribution is 5.80. The van der Waals surface area contributed by atoms with Crippen LogP contribution in [0.1, 0.15) is 12.5 Å². The first kappa shape index (κ1) is 17.7. The lowest BCUT2D eigenvalue weighted by molar-refractivity contribution is -0.127. The lowest BCUT2D eigenvalue weighted by Crippen LogP contribution is -2.38. The van der Waals surface area contributed by atoms with Crippen LogP contribution in [0.25, 0.3) is 0 Å². The van der Waals surface area contributed by atoms with Crippen LogP contribution < -0.4 is 19.5 Å². The molecule has 0 bridgehead atoms. The van der Waals surface area contributed by atoms with Gasteiger partial charge in [-0.3, -0.25) is 4.79 Å². The van der Waals surface area contributed by atoms with Crippen molar-refractivity contribution in [3.8, 4) is 17.2 Å². The predicted molar refractivity (Wildman–Crippen MR) is 92.8 cm³/mol. The Balaban J connectivity index is 1.69. The number of rotatable bonds is 8. The molecule has 0 aliphatic rings. The fourth-order valence-corrected chi connectivity index (χ4v) is 2.03. The van der Waals surface area contributed by atoms with Crippen LogP contribution >= 0.6 is 0 Å². The van der Waals surface area contributed by atoms with Crippen molar-refractivity contribution >= 4 is 5.91 Å². The third kappa shape index (κ3) is 5.50. The van der Waals surface area contributed by atoms with Crippen molar-refractivity contribution in [2.24, 2.45) is 0 Å². The summed E-state index contributed by atoms with van der Waals surface area (Å²) in [5.74, 6) is 2.01. The van der Waals surface area contributed by atoms with Gasteiger partial charge in [-0.1, -0.05) is 17.7 Å². The average Bonchev–Trinajstić information content (AvgIpc) is 2.61. The minimum atomic E-state index is -0.561. The Morgan fingerprint density at radius 1 is 1.00 bits per heavy atom. The molecule has 5 heteroatoms. The molecule has 0 saturated heterocycles. The quantitative estimate of drug-likeness (QED) is 0.757. The standard InChI is InChI=1S/C19H23NO4/c1-14-4-6-18(7-5-14)24-15(2)19(21)20-12-13-23-17-10-8-16(22-3)9-11-17/h4-11,15H,12-13H2,1-3H3,(H,20,21). The Bertz CT molecular complexity index is 637. The number of carbonyl (C=O) groups excluding carboxylic acids is 1. The van der Waals surface area contributed by atoms with E-state index in [4.69, 9.17) is 14.2 Å². The Morgan fingerprint density at radius 2 is 1.58 bits per heavy atom. The maximum atomic E-state index is 12.0. The number of carbonyl (C=O) groups is 1. The molecular formula is C19H23NO4. The highest BCUT2D eigenvalue weighted by Gasteiger charge is 2.13. The molecule has 0 saturated carbocycles. The van der Waals surface area contributed by atoms with Crippen molar-refractivity contribution in [1.29, 1.82) is 0 Å². The molecule has 1 atom stereocenters. The lowest BCUT2D eigenvalue weighted by Gasteiger charge is -2.15. The molecule has 0 aliphatic carbocycles. The molecule has 0 fully saturated rings. The number of nitrogens with one attached hydrogen (secondary N) is 1. The number of aryl methyl sites for hydroxylation is 1. The summed E-state index contributed by atoms with van der Waals surface area (Å²) in [5.41, 5.74) is 1.15. The molecule has 2 rings (SSSR count). The van der Waals surface area contributed by atoms with E-state index in [1.54, 1.807) is 14.0 Å². The molecule has 2 aromatic carbocycles. The largest absolute Gasteiger partial charge is 0.497 e. The fourth-order valence-electron chi connectivity index (χ4n) is 2.03. The SMILES string of the molecule is COc1ccc(OCCNC(=O)C(C)Oc2ccc(C)cc2)cc1. The normalized spacial score (nSPS) is 11.5.